The predicted molar refractivity (Wildman–Crippen MR) is 130 cm³/mol. The molecular weight excluding hydrogens is 460 g/mol. The van der Waals surface area contributed by atoms with Gasteiger partial charge in [0, 0.05) is 18.1 Å². The maximum absolute atomic E-state index is 13.5. The molecule has 0 saturated heterocycles. The van der Waals surface area contributed by atoms with Crippen molar-refractivity contribution in [3.8, 4) is 5.75 Å². The van der Waals surface area contributed by atoms with Crippen LogP contribution < -0.4 is 9.04 Å². The van der Waals surface area contributed by atoms with Gasteiger partial charge in [-0.1, -0.05) is 19.9 Å². The van der Waals surface area contributed by atoms with Gasteiger partial charge in [0.25, 0.3) is 10.0 Å². The number of benzene rings is 2. The smallest absolute Gasteiger partial charge is 0.335 e. The standard InChI is InChI=1S/C24H28N2O5S2/c1-15(2)13-26(33(29,30)24-25-8-9-32-24)21-11-16(3)17(4)12-22(21)31-14-20-7-6-19(23(27)28)10-18(20)5/h6-12,15H,13-14H2,1-5H3,(H,27,28). The summed E-state index contributed by atoms with van der Waals surface area (Å²) in [5, 5.41) is 10.8. The lowest BCUT2D eigenvalue weighted by molar-refractivity contribution is 0.0696. The van der Waals surface area contributed by atoms with Crippen LogP contribution in [-0.4, -0.2) is 31.0 Å². The number of nitrogens with zero attached hydrogens (tertiary/aromatic N) is 2. The number of aryl methyl sites for hydroxylation is 3. The molecule has 0 atom stereocenters. The molecule has 0 fully saturated rings. The summed E-state index contributed by atoms with van der Waals surface area (Å²) in [6.45, 7) is 10.1. The van der Waals surface area contributed by atoms with E-state index in [1.54, 1.807) is 17.5 Å². The first-order chi connectivity index (χ1) is 15.5. The number of aromatic nitrogens is 1. The van der Waals surface area contributed by atoms with E-state index >= 15 is 0 Å². The first-order valence-corrected chi connectivity index (χ1v) is 12.8. The van der Waals surface area contributed by atoms with Crippen molar-refractivity contribution in [2.75, 3.05) is 10.8 Å². The Labute approximate surface area is 198 Å². The van der Waals surface area contributed by atoms with Gasteiger partial charge in [0.1, 0.15) is 12.4 Å². The van der Waals surface area contributed by atoms with E-state index in [0.717, 1.165) is 33.6 Å². The van der Waals surface area contributed by atoms with Gasteiger partial charge >= 0.3 is 5.97 Å². The minimum atomic E-state index is -3.87. The number of ether oxygens (including phenoxy) is 1. The SMILES string of the molecule is Cc1cc(OCc2ccc(C(=O)O)cc2C)c(N(CC(C)C)S(=O)(=O)c2nccs2)cc1C. The van der Waals surface area contributed by atoms with E-state index in [4.69, 9.17) is 4.74 Å². The minimum absolute atomic E-state index is 0.0347. The number of hydrogen-bond acceptors (Lipinski definition) is 6. The first-order valence-electron chi connectivity index (χ1n) is 10.5. The number of carbonyl (C=O) groups is 1. The van der Waals surface area contributed by atoms with Crippen molar-refractivity contribution >= 4 is 33.0 Å². The molecule has 1 heterocycles. The molecule has 3 aromatic rings. The third-order valence-electron chi connectivity index (χ3n) is 5.27. The number of carboxylic acids is 1. The molecule has 2 aromatic carbocycles. The third-order valence-corrected chi connectivity index (χ3v) is 8.23. The Balaban J connectivity index is 2.03. The molecule has 176 valence electrons. The van der Waals surface area contributed by atoms with Crippen molar-refractivity contribution in [2.45, 2.75) is 45.6 Å². The minimum Gasteiger partial charge on any atom is -0.487 e. The van der Waals surface area contributed by atoms with E-state index in [1.807, 2.05) is 46.8 Å². The van der Waals surface area contributed by atoms with Crippen molar-refractivity contribution in [2.24, 2.45) is 5.92 Å². The lowest BCUT2D eigenvalue weighted by atomic mass is 10.1. The summed E-state index contributed by atoms with van der Waals surface area (Å²) < 4.78 is 34.5. The van der Waals surface area contributed by atoms with Crippen LogP contribution in [0.4, 0.5) is 5.69 Å². The quantitative estimate of drug-likeness (QED) is 0.445. The van der Waals surface area contributed by atoms with Gasteiger partial charge < -0.3 is 9.84 Å². The molecule has 0 amide bonds. The molecule has 0 aliphatic rings. The summed E-state index contributed by atoms with van der Waals surface area (Å²) >= 11 is 1.08. The van der Waals surface area contributed by atoms with Crippen LogP contribution in [0.3, 0.4) is 0 Å². The lowest BCUT2D eigenvalue weighted by Crippen LogP contribution is -2.34. The van der Waals surface area contributed by atoms with Crippen LogP contribution >= 0.6 is 11.3 Å². The topological polar surface area (TPSA) is 96.8 Å². The zero-order chi connectivity index (χ0) is 24.3. The number of sulfonamides is 1. The van der Waals surface area contributed by atoms with Gasteiger partial charge in [-0.3, -0.25) is 4.31 Å². The molecule has 0 aliphatic heterocycles. The fourth-order valence-corrected chi connectivity index (χ4v) is 5.88. The molecule has 7 nitrogen and oxygen atoms in total. The molecule has 33 heavy (non-hydrogen) atoms. The second kappa shape index (κ2) is 9.93. The van der Waals surface area contributed by atoms with E-state index < -0.39 is 16.0 Å². The molecule has 0 spiro atoms. The Bertz CT molecular complexity index is 1250. The normalized spacial score (nSPS) is 11.6. The van der Waals surface area contributed by atoms with Crippen molar-refractivity contribution in [1.82, 2.24) is 4.98 Å². The van der Waals surface area contributed by atoms with Crippen LogP contribution in [-0.2, 0) is 16.6 Å². The molecule has 0 saturated carbocycles. The molecule has 0 unspecified atom stereocenters. The van der Waals surface area contributed by atoms with Crippen LogP contribution in [0.1, 0.15) is 46.5 Å². The van der Waals surface area contributed by atoms with E-state index in [1.165, 1.54) is 16.6 Å². The molecule has 9 heteroatoms. The highest BCUT2D eigenvalue weighted by Gasteiger charge is 2.30. The Morgan fingerprint density at radius 1 is 1.12 bits per heavy atom. The molecule has 0 aliphatic carbocycles. The van der Waals surface area contributed by atoms with E-state index in [2.05, 4.69) is 4.98 Å². The average Bonchev–Trinajstić information content (AvgIpc) is 3.29. The largest absolute Gasteiger partial charge is 0.487 e. The summed E-state index contributed by atoms with van der Waals surface area (Å²) in [6.07, 6.45) is 1.48. The number of hydrogen-bond donors (Lipinski definition) is 1. The highest BCUT2D eigenvalue weighted by Crippen LogP contribution is 2.36. The summed E-state index contributed by atoms with van der Waals surface area (Å²) in [4.78, 5) is 15.3. The number of carboxylic acid groups (broad SMARTS) is 1. The van der Waals surface area contributed by atoms with E-state index in [9.17, 15) is 18.3 Å². The molecule has 3 rings (SSSR count). The monoisotopic (exact) mass is 488 g/mol. The van der Waals surface area contributed by atoms with Crippen molar-refractivity contribution < 1.29 is 23.1 Å². The number of anilines is 1. The predicted octanol–water partition coefficient (Wildman–Crippen LogP) is 5.20. The second-order valence-electron chi connectivity index (χ2n) is 8.37. The fraction of sp³-hybridized carbons (Fsp3) is 0.333. The van der Waals surface area contributed by atoms with Crippen molar-refractivity contribution in [1.29, 1.82) is 0 Å². The number of aromatic carboxylic acids is 1. The van der Waals surface area contributed by atoms with Crippen LogP contribution in [0.5, 0.6) is 5.75 Å². The highest BCUT2D eigenvalue weighted by atomic mass is 32.2. The maximum atomic E-state index is 13.5. The summed E-state index contributed by atoms with van der Waals surface area (Å²) in [7, 11) is -3.87. The Hall–Kier alpha value is -2.91. The second-order valence-corrected chi connectivity index (χ2v) is 11.3. The van der Waals surface area contributed by atoms with Gasteiger partial charge in [-0.15, -0.1) is 11.3 Å². The van der Waals surface area contributed by atoms with Crippen LogP contribution in [0, 0.1) is 26.7 Å². The summed E-state index contributed by atoms with van der Waals surface area (Å²) in [5.41, 5.74) is 4.20. The Kier molecular flexibility index (Phi) is 7.44. The molecular formula is C24H28N2O5S2. The molecule has 1 aromatic heterocycles. The van der Waals surface area contributed by atoms with Gasteiger partial charge in [0.2, 0.25) is 4.34 Å². The maximum Gasteiger partial charge on any atom is 0.335 e. The van der Waals surface area contributed by atoms with E-state index in [-0.39, 0.29) is 29.0 Å². The van der Waals surface area contributed by atoms with Gasteiger partial charge in [0.15, 0.2) is 0 Å². The lowest BCUT2D eigenvalue weighted by Gasteiger charge is -2.28. The van der Waals surface area contributed by atoms with Crippen molar-refractivity contribution in [3.05, 3.63) is 69.7 Å². The Morgan fingerprint density at radius 2 is 1.82 bits per heavy atom. The van der Waals surface area contributed by atoms with Gasteiger partial charge in [-0.25, -0.2) is 9.78 Å². The van der Waals surface area contributed by atoms with E-state index in [0.29, 0.717) is 11.4 Å². The Morgan fingerprint density at radius 3 is 2.39 bits per heavy atom. The highest BCUT2D eigenvalue weighted by molar-refractivity contribution is 7.94. The average molecular weight is 489 g/mol. The van der Waals surface area contributed by atoms with Gasteiger partial charge in [0.05, 0.1) is 11.3 Å². The molecule has 0 bridgehead atoms. The number of rotatable bonds is 9. The van der Waals surface area contributed by atoms with Gasteiger partial charge in [-0.05, 0) is 73.2 Å². The zero-order valence-electron chi connectivity index (χ0n) is 19.3. The molecule has 1 N–H and O–H groups in total. The summed E-state index contributed by atoms with van der Waals surface area (Å²) in [6, 6.07) is 8.53. The van der Waals surface area contributed by atoms with Gasteiger partial charge in [-0.2, -0.15) is 8.42 Å². The first kappa shape index (κ1) is 24.7. The third kappa shape index (κ3) is 5.54. The van der Waals surface area contributed by atoms with Crippen LogP contribution in [0.2, 0.25) is 0 Å². The van der Waals surface area contributed by atoms with Crippen LogP contribution in [0.25, 0.3) is 0 Å². The number of thiazole rings is 1. The van der Waals surface area contributed by atoms with Crippen LogP contribution in [0.15, 0.2) is 46.2 Å². The summed E-state index contributed by atoms with van der Waals surface area (Å²) in [5.74, 6) is -0.473. The zero-order valence-corrected chi connectivity index (χ0v) is 21.0. The van der Waals surface area contributed by atoms with Crippen molar-refractivity contribution in [3.63, 3.8) is 0 Å². The molecule has 0 radical (unpaired) electrons. The fourth-order valence-electron chi connectivity index (χ4n) is 3.32.